The summed E-state index contributed by atoms with van der Waals surface area (Å²) in [6.45, 7) is 4.71. The van der Waals surface area contributed by atoms with E-state index in [-0.39, 0.29) is 11.9 Å². The lowest BCUT2D eigenvalue weighted by atomic mass is 10.1. The number of likely N-dealkylation sites (N-methyl/N-ethyl adjacent to an activating group) is 1. The molecule has 0 saturated carbocycles. The van der Waals surface area contributed by atoms with Gasteiger partial charge in [-0.05, 0) is 6.54 Å². The molecule has 0 bridgehead atoms. The summed E-state index contributed by atoms with van der Waals surface area (Å²) in [6.07, 6.45) is 0.0612. The molecule has 1 saturated heterocycles. The summed E-state index contributed by atoms with van der Waals surface area (Å²) in [4.78, 5) is 2.19. The topological polar surface area (TPSA) is 12.5 Å². The van der Waals surface area contributed by atoms with Gasteiger partial charge in [0.1, 0.15) is 23.5 Å². The third kappa shape index (κ3) is 2.45. The van der Waals surface area contributed by atoms with Gasteiger partial charge in [-0.1, -0.05) is 6.92 Å². The Morgan fingerprint density at radius 3 is 2.40 bits per heavy atom. The molecule has 0 unspecified atom stereocenters. The van der Waals surface area contributed by atoms with E-state index in [1.165, 1.54) is 12.1 Å². The van der Waals surface area contributed by atoms with Gasteiger partial charge < -0.3 is 4.74 Å². The molecule has 15 heavy (non-hydrogen) atoms. The molecular formula is C11H13F2NO. The van der Waals surface area contributed by atoms with Gasteiger partial charge in [0.25, 0.3) is 0 Å². The molecule has 2 rings (SSSR count). The van der Waals surface area contributed by atoms with Gasteiger partial charge in [0.05, 0.1) is 0 Å². The first kappa shape index (κ1) is 10.4. The maximum absolute atomic E-state index is 12.8. The maximum Gasteiger partial charge on any atom is 0.129 e. The fourth-order valence-electron chi connectivity index (χ4n) is 1.64. The third-order valence-electron chi connectivity index (χ3n) is 2.51. The minimum Gasteiger partial charge on any atom is -0.488 e. The summed E-state index contributed by atoms with van der Waals surface area (Å²) in [6, 6.07) is 3.25. The van der Waals surface area contributed by atoms with Crippen molar-refractivity contribution in [3.8, 4) is 5.75 Å². The van der Waals surface area contributed by atoms with Crippen molar-refractivity contribution in [2.75, 3.05) is 19.6 Å². The quantitative estimate of drug-likeness (QED) is 0.762. The van der Waals surface area contributed by atoms with Crippen LogP contribution < -0.4 is 4.74 Å². The van der Waals surface area contributed by atoms with Gasteiger partial charge in [-0.3, -0.25) is 4.90 Å². The number of ether oxygens (including phenoxy) is 1. The van der Waals surface area contributed by atoms with Crippen molar-refractivity contribution in [1.29, 1.82) is 0 Å². The molecule has 1 aromatic rings. The molecule has 0 radical (unpaired) electrons. The standard InChI is InChI=1S/C11H13F2NO/c1-2-14-6-11(7-14)15-10-4-8(12)3-9(13)5-10/h3-5,11H,2,6-7H2,1H3. The van der Waals surface area contributed by atoms with Gasteiger partial charge in [-0.2, -0.15) is 0 Å². The van der Waals surface area contributed by atoms with Crippen molar-refractivity contribution in [3.05, 3.63) is 29.8 Å². The number of halogens is 2. The Morgan fingerprint density at radius 2 is 1.87 bits per heavy atom. The van der Waals surface area contributed by atoms with E-state index in [2.05, 4.69) is 11.8 Å². The Kier molecular flexibility index (Phi) is 2.86. The first-order valence-corrected chi connectivity index (χ1v) is 5.02. The van der Waals surface area contributed by atoms with Crippen LogP contribution in [0.3, 0.4) is 0 Å². The van der Waals surface area contributed by atoms with E-state index in [9.17, 15) is 8.78 Å². The fourth-order valence-corrected chi connectivity index (χ4v) is 1.64. The van der Waals surface area contributed by atoms with Crippen molar-refractivity contribution < 1.29 is 13.5 Å². The smallest absolute Gasteiger partial charge is 0.129 e. The monoisotopic (exact) mass is 213 g/mol. The van der Waals surface area contributed by atoms with Crippen molar-refractivity contribution in [1.82, 2.24) is 4.90 Å². The van der Waals surface area contributed by atoms with Crippen LogP contribution in [0, 0.1) is 11.6 Å². The highest BCUT2D eigenvalue weighted by atomic mass is 19.1. The van der Waals surface area contributed by atoms with Crippen LogP contribution in [-0.4, -0.2) is 30.6 Å². The highest BCUT2D eigenvalue weighted by Gasteiger charge is 2.26. The van der Waals surface area contributed by atoms with Gasteiger partial charge in [0.15, 0.2) is 0 Å². The summed E-state index contributed by atoms with van der Waals surface area (Å²) in [5, 5.41) is 0. The number of nitrogens with zero attached hydrogens (tertiary/aromatic N) is 1. The normalized spacial score (nSPS) is 17.5. The Morgan fingerprint density at radius 1 is 1.27 bits per heavy atom. The van der Waals surface area contributed by atoms with Crippen LogP contribution in [0.5, 0.6) is 5.75 Å². The molecule has 1 fully saturated rings. The Balaban J connectivity index is 1.94. The maximum atomic E-state index is 12.8. The summed E-state index contributed by atoms with van der Waals surface area (Å²) in [5.74, 6) is -0.929. The van der Waals surface area contributed by atoms with Gasteiger partial charge in [0.2, 0.25) is 0 Å². The average Bonchev–Trinajstić information content (AvgIpc) is 2.08. The van der Waals surface area contributed by atoms with Gasteiger partial charge in [0, 0.05) is 31.3 Å². The molecule has 0 N–H and O–H groups in total. The molecule has 0 aromatic heterocycles. The fraction of sp³-hybridized carbons (Fsp3) is 0.455. The van der Waals surface area contributed by atoms with E-state index >= 15 is 0 Å². The van der Waals surface area contributed by atoms with Crippen LogP contribution in [0.2, 0.25) is 0 Å². The lowest BCUT2D eigenvalue weighted by Crippen LogP contribution is -2.53. The molecule has 2 nitrogen and oxygen atoms in total. The van der Waals surface area contributed by atoms with Crippen LogP contribution in [0.4, 0.5) is 8.78 Å². The Hall–Kier alpha value is -1.16. The van der Waals surface area contributed by atoms with E-state index in [1.807, 2.05) is 0 Å². The summed E-state index contributed by atoms with van der Waals surface area (Å²) in [7, 11) is 0. The molecule has 82 valence electrons. The van der Waals surface area contributed by atoms with Crippen molar-refractivity contribution in [3.63, 3.8) is 0 Å². The lowest BCUT2D eigenvalue weighted by Gasteiger charge is -2.38. The van der Waals surface area contributed by atoms with E-state index in [4.69, 9.17) is 4.74 Å². The molecule has 1 aromatic carbocycles. The van der Waals surface area contributed by atoms with Crippen LogP contribution in [0.25, 0.3) is 0 Å². The van der Waals surface area contributed by atoms with E-state index in [1.54, 1.807) is 0 Å². The molecule has 0 atom stereocenters. The number of likely N-dealkylation sites (tertiary alicyclic amines) is 1. The minimum absolute atomic E-state index is 0.0612. The SMILES string of the molecule is CCN1CC(Oc2cc(F)cc(F)c2)C1. The van der Waals surface area contributed by atoms with Gasteiger partial charge in [-0.15, -0.1) is 0 Å². The number of hydrogen-bond acceptors (Lipinski definition) is 2. The highest BCUT2D eigenvalue weighted by Crippen LogP contribution is 2.20. The predicted molar refractivity (Wildman–Crippen MR) is 52.9 cm³/mol. The second-order valence-electron chi connectivity index (χ2n) is 3.70. The van der Waals surface area contributed by atoms with Crippen LogP contribution >= 0.6 is 0 Å². The Bertz CT molecular complexity index is 330. The summed E-state index contributed by atoms with van der Waals surface area (Å²) >= 11 is 0. The van der Waals surface area contributed by atoms with E-state index < -0.39 is 11.6 Å². The molecule has 4 heteroatoms. The molecule has 1 heterocycles. The van der Waals surface area contributed by atoms with E-state index in [0.29, 0.717) is 0 Å². The minimum atomic E-state index is -0.600. The zero-order valence-corrected chi connectivity index (χ0v) is 8.54. The van der Waals surface area contributed by atoms with Crippen molar-refractivity contribution >= 4 is 0 Å². The zero-order valence-electron chi connectivity index (χ0n) is 8.54. The Labute approximate surface area is 87.5 Å². The number of rotatable bonds is 3. The third-order valence-corrected chi connectivity index (χ3v) is 2.51. The highest BCUT2D eigenvalue weighted by molar-refractivity contribution is 5.24. The lowest BCUT2D eigenvalue weighted by molar-refractivity contribution is 0.0235. The van der Waals surface area contributed by atoms with Crippen LogP contribution in [0.1, 0.15) is 6.92 Å². The molecular weight excluding hydrogens is 200 g/mol. The van der Waals surface area contributed by atoms with Gasteiger partial charge >= 0.3 is 0 Å². The largest absolute Gasteiger partial charge is 0.488 e. The van der Waals surface area contributed by atoms with E-state index in [0.717, 1.165) is 25.7 Å². The first-order valence-electron chi connectivity index (χ1n) is 5.02. The molecule has 0 spiro atoms. The summed E-state index contributed by atoms with van der Waals surface area (Å²) in [5.41, 5.74) is 0. The average molecular weight is 213 g/mol. The number of hydrogen-bond donors (Lipinski definition) is 0. The van der Waals surface area contributed by atoms with Crippen LogP contribution in [-0.2, 0) is 0 Å². The number of benzene rings is 1. The van der Waals surface area contributed by atoms with Gasteiger partial charge in [-0.25, -0.2) is 8.78 Å². The zero-order chi connectivity index (χ0) is 10.8. The van der Waals surface area contributed by atoms with Crippen molar-refractivity contribution in [2.24, 2.45) is 0 Å². The molecule has 1 aliphatic rings. The predicted octanol–water partition coefficient (Wildman–Crippen LogP) is 2.05. The first-order chi connectivity index (χ1) is 7.17. The van der Waals surface area contributed by atoms with Crippen molar-refractivity contribution in [2.45, 2.75) is 13.0 Å². The second-order valence-corrected chi connectivity index (χ2v) is 3.70. The van der Waals surface area contributed by atoms with Crippen LogP contribution in [0.15, 0.2) is 18.2 Å². The second kappa shape index (κ2) is 4.14. The summed E-state index contributed by atoms with van der Waals surface area (Å²) < 4.78 is 31.0. The molecule has 0 aliphatic carbocycles. The molecule has 1 aliphatic heterocycles. The molecule has 0 amide bonds.